The van der Waals surface area contributed by atoms with Crippen LogP contribution in [-0.4, -0.2) is 70.2 Å². The van der Waals surface area contributed by atoms with Gasteiger partial charge >= 0.3 is 0 Å². The number of nitrogens with zero attached hydrogens (tertiary/aromatic N) is 2. The van der Waals surface area contributed by atoms with E-state index in [0.717, 1.165) is 44.3 Å². The van der Waals surface area contributed by atoms with Crippen LogP contribution in [0.2, 0.25) is 0 Å². The van der Waals surface area contributed by atoms with E-state index in [1.807, 2.05) is 13.0 Å². The van der Waals surface area contributed by atoms with E-state index in [9.17, 15) is 8.42 Å². The van der Waals surface area contributed by atoms with Crippen molar-refractivity contribution >= 4 is 10.0 Å². The Hall–Kier alpha value is -1.15. The molecule has 2 aliphatic heterocycles. The fraction of sp³-hybridized carbons (Fsp3) is 0.684. The van der Waals surface area contributed by atoms with Gasteiger partial charge in [-0.25, -0.2) is 8.42 Å². The molecular weight excluding hydrogens is 352 g/mol. The van der Waals surface area contributed by atoms with Crippen LogP contribution in [0.1, 0.15) is 31.2 Å². The first-order valence-corrected chi connectivity index (χ1v) is 10.8. The molecule has 0 atom stereocenters. The van der Waals surface area contributed by atoms with Gasteiger partial charge in [0.05, 0.1) is 13.2 Å². The van der Waals surface area contributed by atoms with Crippen molar-refractivity contribution in [2.45, 2.75) is 49.6 Å². The molecule has 0 aromatic heterocycles. The van der Waals surface area contributed by atoms with Crippen molar-refractivity contribution in [1.29, 1.82) is 0 Å². The van der Waals surface area contributed by atoms with Crippen molar-refractivity contribution in [2.24, 2.45) is 0 Å². The Kier molecular flexibility index (Phi) is 6.22. The number of benzene rings is 1. The maximum Gasteiger partial charge on any atom is 0.246 e. The third kappa shape index (κ3) is 4.06. The molecule has 146 valence electrons. The Morgan fingerprint density at radius 3 is 2.23 bits per heavy atom. The molecule has 2 saturated heterocycles. The minimum Gasteiger partial charge on any atom is -0.495 e. The molecule has 2 heterocycles. The minimum absolute atomic E-state index is 0.277. The summed E-state index contributed by atoms with van der Waals surface area (Å²) < 4.78 is 38.5. The van der Waals surface area contributed by atoms with Crippen LogP contribution >= 0.6 is 0 Å². The zero-order valence-electron chi connectivity index (χ0n) is 16.0. The molecule has 7 heteroatoms. The summed E-state index contributed by atoms with van der Waals surface area (Å²) in [7, 11) is -0.230. The molecule has 0 saturated carbocycles. The number of ether oxygens (including phenoxy) is 2. The molecule has 0 N–H and O–H groups in total. The number of methoxy groups -OCH3 is 2. The predicted molar refractivity (Wildman–Crippen MR) is 101 cm³/mol. The summed E-state index contributed by atoms with van der Waals surface area (Å²) in [5.41, 5.74) is 0.917. The molecule has 6 nitrogen and oxygen atoms in total. The number of likely N-dealkylation sites (tertiary alicyclic amines) is 1. The van der Waals surface area contributed by atoms with Gasteiger partial charge in [0, 0.05) is 39.3 Å². The molecule has 0 radical (unpaired) electrons. The molecule has 2 aliphatic rings. The van der Waals surface area contributed by atoms with E-state index in [1.165, 1.54) is 7.11 Å². The van der Waals surface area contributed by atoms with Crippen LogP contribution in [0.25, 0.3) is 0 Å². The molecule has 3 rings (SSSR count). The number of rotatable bonds is 5. The average Bonchev–Trinajstić information content (AvgIpc) is 2.68. The van der Waals surface area contributed by atoms with Crippen LogP contribution in [-0.2, 0) is 14.8 Å². The van der Waals surface area contributed by atoms with E-state index in [4.69, 9.17) is 9.47 Å². The zero-order chi connectivity index (χ0) is 18.7. The highest BCUT2D eigenvalue weighted by molar-refractivity contribution is 7.89. The summed E-state index contributed by atoms with van der Waals surface area (Å²) >= 11 is 0. The molecule has 0 bridgehead atoms. The predicted octanol–water partition coefficient (Wildman–Crippen LogP) is 2.27. The van der Waals surface area contributed by atoms with E-state index in [0.29, 0.717) is 31.0 Å². The molecule has 2 fully saturated rings. The summed E-state index contributed by atoms with van der Waals surface area (Å²) in [6, 6.07) is 5.77. The second kappa shape index (κ2) is 8.25. The Morgan fingerprint density at radius 1 is 1.00 bits per heavy atom. The van der Waals surface area contributed by atoms with Crippen LogP contribution in [0.5, 0.6) is 5.75 Å². The van der Waals surface area contributed by atoms with Crippen molar-refractivity contribution in [3.8, 4) is 5.75 Å². The highest BCUT2D eigenvalue weighted by Gasteiger charge is 2.34. The van der Waals surface area contributed by atoms with Gasteiger partial charge in [-0.05, 0) is 50.3 Å². The van der Waals surface area contributed by atoms with Gasteiger partial charge in [-0.2, -0.15) is 4.31 Å². The smallest absolute Gasteiger partial charge is 0.246 e. The van der Waals surface area contributed by atoms with Crippen molar-refractivity contribution in [2.75, 3.05) is 40.4 Å². The van der Waals surface area contributed by atoms with E-state index in [2.05, 4.69) is 4.90 Å². The lowest BCUT2D eigenvalue weighted by Gasteiger charge is -2.41. The molecule has 0 amide bonds. The fourth-order valence-electron chi connectivity index (χ4n) is 4.05. The van der Waals surface area contributed by atoms with Crippen molar-refractivity contribution in [3.05, 3.63) is 23.8 Å². The minimum atomic E-state index is -3.52. The van der Waals surface area contributed by atoms with Crippen LogP contribution in [0.3, 0.4) is 0 Å². The zero-order valence-corrected chi connectivity index (χ0v) is 16.8. The van der Waals surface area contributed by atoms with E-state index in [-0.39, 0.29) is 4.90 Å². The Balaban J connectivity index is 1.65. The van der Waals surface area contributed by atoms with Gasteiger partial charge in [0.2, 0.25) is 10.0 Å². The number of hydrogen-bond acceptors (Lipinski definition) is 5. The van der Waals surface area contributed by atoms with Crippen molar-refractivity contribution in [3.63, 3.8) is 0 Å². The monoisotopic (exact) mass is 382 g/mol. The summed E-state index contributed by atoms with van der Waals surface area (Å²) in [6.45, 7) is 5.11. The van der Waals surface area contributed by atoms with Gasteiger partial charge in [0.15, 0.2) is 0 Å². The van der Waals surface area contributed by atoms with Crippen LogP contribution in [0.4, 0.5) is 0 Å². The van der Waals surface area contributed by atoms with E-state index in [1.54, 1.807) is 23.5 Å². The summed E-state index contributed by atoms with van der Waals surface area (Å²) in [5.74, 6) is 0.416. The van der Waals surface area contributed by atoms with Gasteiger partial charge in [-0.1, -0.05) is 6.07 Å². The Labute approximate surface area is 157 Å². The molecular formula is C19H30N2O4S. The second-order valence-corrected chi connectivity index (χ2v) is 9.17. The number of piperidine rings is 2. The van der Waals surface area contributed by atoms with Gasteiger partial charge in [0.1, 0.15) is 10.6 Å². The highest BCUT2D eigenvalue weighted by atomic mass is 32.2. The first-order valence-electron chi connectivity index (χ1n) is 9.37. The summed E-state index contributed by atoms with van der Waals surface area (Å²) in [5, 5.41) is 0. The van der Waals surface area contributed by atoms with Crippen molar-refractivity contribution < 1.29 is 17.9 Å². The third-order valence-corrected chi connectivity index (χ3v) is 7.61. The lowest BCUT2D eigenvalue weighted by molar-refractivity contribution is 0.0190. The van der Waals surface area contributed by atoms with Crippen molar-refractivity contribution in [1.82, 2.24) is 9.21 Å². The van der Waals surface area contributed by atoms with Crippen LogP contribution in [0, 0.1) is 6.92 Å². The lowest BCUT2D eigenvalue weighted by atomic mass is 10.00. The van der Waals surface area contributed by atoms with Gasteiger partial charge in [-0.3, -0.25) is 0 Å². The quantitative estimate of drug-likeness (QED) is 0.782. The van der Waals surface area contributed by atoms with Crippen LogP contribution < -0.4 is 4.74 Å². The molecule has 1 aromatic carbocycles. The first kappa shape index (κ1) is 19.6. The van der Waals surface area contributed by atoms with E-state index < -0.39 is 10.0 Å². The van der Waals surface area contributed by atoms with Crippen LogP contribution in [0.15, 0.2) is 23.1 Å². The average molecular weight is 383 g/mol. The standard InChI is InChI=1S/C19H30N2O4S/c1-15-4-5-18(25-3)19(14-15)26(22,23)21-12-6-16(7-13-21)20-10-8-17(24-2)9-11-20/h4-5,14,16-17H,6-13H2,1-3H3. The maximum atomic E-state index is 13.1. The number of aryl methyl sites for hydroxylation is 1. The largest absolute Gasteiger partial charge is 0.495 e. The number of hydrogen-bond donors (Lipinski definition) is 0. The van der Waals surface area contributed by atoms with Gasteiger partial charge < -0.3 is 14.4 Å². The third-order valence-electron chi connectivity index (χ3n) is 5.69. The number of sulfonamides is 1. The highest BCUT2D eigenvalue weighted by Crippen LogP contribution is 2.30. The van der Waals surface area contributed by atoms with Gasteiger partial charge in [-0.15, -0.1) is 0 Å². The fourth-order valence-corrected chi connectivity index (χ4v) is 5.76. The molecule has 1 aromatic rings. The summed E-state index contributed by atoms with van der Waals surface area (Å²) in [4.78, 5) is 2.78. The normalized spacial score (nSPS) is 21.8. The second-order valence-electron chi connectivity index (χ2n) is 7.26. The van der Waals surface area contributed by atoms with Gasteiger partial charge in [0.25, 0.3) is 0 Å². The summed E-state index contributed by atoms with van der Waals surface area (Å²) in [6.07, 6.45) is 4.27. The Morgan fingerprint density at radius 2 is 1.65 bits per heavy atom. The molecule has 0 aliphatic carbocycles. The molecule has 26 heavy (non-hydrogen) atoms. The molecule has 0 unspecified atom stereocenters. The topological polar surface area (TPSA) is 59.1 Å². The SMILES string of the molecule is COc1ccc(C)cc1S(=O)(=O)N1CCC(N2CCC(OC)CC2)CC1. The molecule has 0 spiro atoms. The Bertz CT molecular complexity index is 706. The first-order chi connectivity index (χ1) is 12.5. The van der Waals surface area contributed by atoms with E-state index >= 15 is 0 Å². The maximum absolute atomic E-state index is 13.1. The lowest BCUT2D eigenvalue weighted by Crippen LogP contribution is -2.49.